The Morgan fingerprint density at radius 2 is 2.05 bits per heavy atom. The summed E-state index contributed by atoms with van der Waals surface area (Å²) in [6.45, 7) is 0. The Kier molecular flexibility index (Phi) is 4.57. The van der Waals surface area contributed by atoms with Crippen LogP contribution in [0, 0.1) is 5.82 Å². The third-order valence-electron chi connectivity index (χ3n) is 2.82. The van der Waals surface area contributed by atoms with E-state index in [0.717, 1.165) is 6.07 Å². The number of phenolic OH excluding ortho intramolecular Hbond substituents is 2. The van der Waals surface area contributed by atoms with Gasteiger partial charge in [-0.1, -0.05) is 6.07 Å². The highest BCUT2D eigenvalue weighted by atomic mass is 19.1. The maximum Gasteiger partial charge on any atom is 0.278 e. The first-order chi connectivity index (χ1) is 10.5. The number of nitrogens with one attached hydrogen (secondary N) is 1. The lowest BCUT2D eigenvalue weighted by Gasteiger charge is -2.05. The molecule has 3 N–H and O–H groups in total. The molecule has 0 aliphatic heterocycles. The molecule has 2 rings (SSSR count). The van der Waals surface area contributed by atoms with Gasteiger partial charge in [0.05, 0.1) is 13.3 Å². The van der Waals surface area contributed by atoms with Crippen LogP contribution in [0.5, 0.6) is 17.2 Å². The summed E-state index contributed by atoms with van der Waals surface area (Å²) in [5, 5.41) is 22.7. The first kappa shape index (κ1) is 15.3. The Morgan fingerprint density at radius 3 is 2.73 bits per heavy atom. The summed E-state index contributed by atoms with van der Waals surface area (Å²) in [6.07, 6.45) is 1.17. The van der Waals surface area contributed by atoms with Crippen LogP contribution in [0.4, 0.5) is 4.39 Å². The number of hydrogen-bond acceptors (Lipinski definition) is 5. The number of rotatable bonds is 4. The zero-order chi connectivity index (χ0) is 16.1. The van der Waals surface area contributed by atoms with Crippen molar-refractivity contribution < 1.29 is 24.1 Å². The van der Waals surface area contributed by atoms with Gasteiger partial charge in [-0.2, -0.15) is 5.10 Å². The highest BCUT2D eigenvalue weighted by Gasteiger charge is 2.15. The molecule has 0 heterocycles. The number of amides is 1. The zero-order valence-electron chi connectivity index (χ0n) is 11.6. The van der Waals surface area contributed by atoms with Crippen LogP contribution in [0.2, 0.25) is 0 Å². The topological polar surface area (TPSA) is 91.2 Å². The van der Waals surface area contributed by atoms with Gasteiger partial charge in [0, 0.05) is 5.56 Å². The van der Waals surface area contributed by atoms with E-state index >= 15 is 0 Å². The van der Waals surface area contributed by atoms with Crippen molar-refractivity contribution in [2.75, 3.05) is 7.11 Å². The molecule has 0 saturated carbocycles. The number of nitrogens with zero attached hydrogens (tertiary/aromatic N) is 1. The normalized spacial score (nSPS) is 10.6. The fourth-order valence-corrected chi connectivity index (χ4v) is 1.72. The summed E-state index contributed by atoms with van der Waals surface area (Å²) < 4.78 is 18.5. The SMILES string of the molecule is COc1ccc(O)c(/C=N/NC(=O)c2c(O)cccc2F)c1. The number of carbonyl (C=O) groups excluding carboxylic acids is 1. The third kappa shape index (κ3) is 3.32. The number of halogens is 1. The van der Waals surface area contributed by atoms with Gasteiger partial charge in [-0.25, -0.2) is 9.82 Å². The van der Waals surface area contributed by atoms with Gasteiger partial charge < -0.3 is 14.9 Å². The maximum atomic E-state index is 13.5. The van der Waals surface area contributed by atoms with Gasteiger partial charge >= 0.3 is 0 Å². The Balaban J connectivity index is 2.14. The zero-order valence-corrected chi connectivity index (χ0v) is 11.6. The lowest BCUT2D eigenvalue weighted by Crippen LogP contribution is -2.19. The third-order valence-corrected chi connectivity index (χ3v) is 2.82. The molecule has 2 aromatic carbocycles. The number of ether oxygens (including phenoxy) is 1. The molecular formula is C15H13FN2O4. The second kappa shape index (κ2) is 6.57. The van der Waals surface area contributed by atoms with Crippen molar-refractivity contribution in [2.45, 2.75) is 0 Å². The predicted molar refractivity (Wildman–Crippen MR) is 77.8 cm³/mol. The average molecular weight is 304 g/mol. The number of methoxy groups -OCH3 is 1. The molecule has 0 atom stereocenters. The number of carbonyl (C=O) groups is 1. The second-order valence-electron chi connectivity index (χ2n) is 4.26. The molecule has 1 amide bonds. The molecule has 22 heavy (non-hydrogen) atoms. The van der Waals surface area contributed by atoms with Gasteiger partial charge in [-0.05, 0) is 30.3 Å². The number of hydrogen-bond donors (Lipinski definition) is 3. The summed E-state index contributed by atoms with van der Waals surface area (Å²) in [5.41, 5.74) is 1.87. The minimum absolute atomic E-state index is 0.0625. The van der Waals surface area contributed by atoms with E-state index in [1.165, 1.54) is 37.6 Å². The van der Waals surface area contributed by atoms with Gasteiger partial charge in [0.1, 0.15) is 28.6 Å². The average Bonchev–Trinajstić information content (AvgIpc) is 2.49. The van der Waals surface area contributed by atoms with Crippen LogP contribution in [0.3, 0.4) is 0 Å². The molecule has 0 aliphatic carbocycles. The highest BCUT2D eigenvalue weighted by molar-refractivity contribution is 5.97. The van der Waals surface area contributed by atoms with E-state index in [9.17, 15) is 19.4 Å². The van der Waals surface area contributed by atoms with Crippen LogP contribution >= 0.6 is 0 Å². The van der Waals surface area contributed by atoms with Crippen molar-refractivity contribution in [3.05, 3.63) is 53.3 Å². The van der Waals surface area contributed by atoms with E-state index < -0.39 is 23.0 Å². The predicted octanol–water partition coefficient (Wildman–Crippen LogP) is 2.01. The highest BCUT2D eigenvalue weighted by Crippen LogP contribution is 2.21. The summed E-state index contributed by atoms with van der Waals surface area (Å²) >= 11 is 0. The molecule has 0 aromatic heterocycles. The molecule has 0 fully saturated rings. The largest absolute Gasteiger partial charge is 0.507 e. The Morgan fingerprint density at radius 1 is 1.27 bits per heavy atom. The van der Waals surface area contributed by atoms with Crippen molar-refractivity contribution >= 4 is 12.1 Å². The van der Waals surface area contributed by atoms with Crippen LogP contribution in [0.25, 0.3) is 0 Å². The molecule has 6 nitrogen and oxygen atoms in total. The summed E-state index contributed by atoms with van der Waals surface area (Å²) in [7, 11) is 1.47. The minimum atomic E-state index is -0.908. The molecule has 0 spiro atoms. The fraction of sp³-hybridized carbons (Fsp3) is 0.0667. The maximum absolute atomic E-state index is 13.5. The molecule has 0 aliphatic rings. The van der Waals surface area contributed by atoms with E-state index in [1.54, 1.807) is 6.07 Å². The van der Waals surface area contributed by atoms with Crippen LogP contribution in [0.15, 0.2) is 41.5 Å². The minimum Gasteiger partial charge on any atom is -0.507 e. The van der Waals surface area contributed by atoms with Gasteiger partial charge in [0.2, 0.25) is 0 Å². The van der Waals surface area contributed by atoms with E-state index in [2.05, 4.69) is 10.5 Å². The van der Waals surface area contributed by atoms with Crippen LogP contribution in [-0.2, 0) is 0 Å². The number of benzene rings is 2. The van der Waals surface area contributed by atoms with E-state index in [-0.39, 0.29) is 5.75 Å². The summed E-state index contributed by atoms with van der Waals surface area (Å²) in [5.74, 6) is -1.83. The summed E-state index contributed by atoms with van der Waals surface area (Å²) in [4.78, 5) is 11.8. The Hall–Kier alpha value is -3.09. The molecule has 0 saturated heterocycles. The molecule has 0 bridgehead atoms. The van der Waals surface area contributed by atoms with Crippen LogP contribution < -0.4 is 10.2 Å². The standard InChI is InChI=1S/C15H13FN2O4/c1-22-10-5-6-12(19)9(7-10)8-17-18-15(21)14-11(16)3-2-4-13(14)20/h2-8,19-20H,1H3,(H,18,21)/b17-8+. The monoisotopic (exact) mass is 304 g/mol. The van der Waals surface area contributed by atoms with Gasteiger partial charge in [-0.15, -0.1) is 0 Å². The van der Waals surface area contributed by atoms with Crippen LogP contribution in [-0.4, -0.2) is 29.4 Å². The van der Waals surface area contributed by atoms with Gasteiger partial charge in [0.25, 0.3) is 5.91 Å². The second-order valence-corrected chi connectivity index (χ2v) is 4.26. The Bertz CT molecular complexity index is 711. The smallest absolute Gasteiger partial charge is 0.278 e. The summed E-state index contributed by atoms with van der Waals surface area (Å²) in [6, 6.07) is 7.99. The molecule has 0 radical (unpaired) electrons. The van der Waals surface area contributed by atoms with Crippen LogP contribution in [0.1, 0.15) is 15.9 Å². The van der Waals surface area contributed by atoms with Crippen molar-refractivity contribution in [2.24, 2.45) is 5.10 Å². The Labute approximate surface area is 125 Å². The van der Waals surface area contributed by atoms with Crippen molar-refractivity contribution in [3.63, 3.8) is 0 Å². The molecule has 7 heteroatoms. The molecule has 114 valence electrons. The van der Waals surface area contributed by atoms with E-state index in [0.29, 0.717) is 11.3 Å². The number of hydrazone groups is 1. The number of aromatic hydroxyl groups is 2. The molecular weight excluding hydrogens is 291 g/mol. The molecule has 2 aromatic rings. The van der Waals surface area contributed by atoms with Gasteiger partial charge in [0.15, 0.2) is 0 Å². The fourth-order valence-electron chi connectivity index (χ4n) is 1.72. The van der Waals surface area contributed by atoms with E-state index in [4.69, 9.17) is 4.74 Å². The van der Waals surface area contributed by atoms with E-state index in [1.807, 2.05) is 0 Å². The lowest BCUT2D eigenvalue weighted by molar-refractivity contribution is 0.0948. The lowest BCUT2D eigenvalue weighted by atomic mass is 10.2. The quantitative estimate of drug-likeness (QED) is 0.595. The number of phenols is 2. The van der Waals surface area contributed by atoms with Crippen molar-refractivity contribution in [1.82, 2.24) is 5.43 Å². The van der Waals surface area contributed by atoms with Crippen molar-refractivity contribution in [1.29, 1.82) is 0 Å². The first-order valence-corrected chi connectivity index (χ1v) is 6.21. The first-order valence-electron chi connectivity index (χ1n) is 6.21. The molecule has 0 unspecified atom stereocenters. The van der Waals surface area contributed by atoms with Gasteiger partial charge in [-0.3, -0.25) is 4.79 Å². The van der Waals surface area contributed by atoms with Crippen molar-refractivity contribution in [3.8, 4) is 17.2 Å².